The predicted molar refractivity (Wildman–Crippen MR) is 166 cm³/mol. The quantitative estimate of drug-likeness (QED) is 0.306. The summed E-state index contributed by atoms with van der Waals surface area (Å²) >= 11 is 6.54. The van der Waals surface area contributed by atoms with Crippen molar-refractivity contribution in [2.24, 2.45) is 0 Å². The first-order chi connectivity index (χ1) is 20.7. The predicted octanol–water partition coefficient (Wildman–Crippen LogP) is 4.92. The summed E-state index contributed by atoms with van der Waals surface area (Å²) in [5.74, 6) is -0.140. The van der Waals surface area contributed by atoms with Crippen molar-refractivity contribution in [1.29, 1.82) is 0 Å². The zero-order chi connectivity index (χ0) is 30.4. The topological polar surface area (TPSA) is 105 Å². The van der Waals surface area contributed by atoms with Gasteiger partial charge in [-0.15, -0.1) is 0 Å². The van der Waals surface area contributed by atoms with Crippen LogP contribution < -0.4 is 19.1 Å². The number of nitrogens with zero attached hydrogens (tertiary/aromatic N) is 2. The lowest BCUT2D eigenvalue weighted by molar-refractivity contribution is -0.140. The first-order valence-corrected chi connectivity index (χ1v) is 16.5. The van der Waals surface area contributed by atoms with Crippen molar-refractivity contribution < 1.29 is 27.5 Å². The van der Waals surface area contributed by atoms with Crippen LogP contribution in [0.15, 0.2) is 72.8 Å². The van der Waals surface area contributed by atoms with Crippen LogP contribution in [0.4, 0.5) is 5.69 Å². The Morgan fingerprint density at radius 3 is 2.40 bits per heavy atom. The molecule has 0 saturated heterocycles. The van der Waals surface area contributed by atoms with E-state index >= 15 is 0 Å². The van der Waals surface area contributed by atoms with E-state index in [2.05, 4.69) is 5.32 Å². The molecule has 1 heterocycles. The van der Waals surface area contributed by atoms with Gasteiger partial charge in [-0.25, -0.2) is 8.42 Å². The number of carbonyl (C=O) groups is 2. The number of ether oxygens (including phenoxy) is 2. The monoisotopic (exact) mass is 625 g/mol. The highest BCUT2D eigenvalue weighted by atomic mass is 35.5. The molecule has 0 spiro atoms. The van der Waals surface area contributed by atoms with Gasteiger partial charge in [-0.1, -0.05) is 73.0 Å². The molecule has 1 N–H and O–H groups in total. The number of carbonyl (C=O) groups excluding carboxylic acids is 2. The van der Waals surface area contributed by atoms with E-state index in [4.69, 9.17) is 21.1 Å². The first-order valence-electron chi connectivity index (χ1n) is 14.5. The van der Waals surface area contributed by atoms with E-state index < -0.39 is 28.5 Å². The molecule has 1 fully saturated rings. The third kappa shape index (κ3) is 7.43. The van der Waals surface area contributed by atoms with Crippen LogP contribution in [-0.2, 0) is 32.6 Å². The molecule has 0 bridgehead atoms. The molecule has 3 aromatic carbocycles. The second-order valence-electron chi connectivity index (χ2n) is 10.8. The molecule has 3 aromatic rings. The highest BCUT2D eigenvalue weighted by Crippen LogP contribution is 2.36. The standard InChI is InChI=1S/C32H36ClN3O6S/c1-2-43(39,40)36(26-16-17-29-30(19-26)42-22-41-29)21-31(37)35(20-24-12-6-9-15-27(24)33)28(18-23-10-4-3-5-11-23)32(38)34-25-13-7-8-14-25/h3-6,9-12,15-17,19,25,28H,2,7-8,13-14,18,20-22H2,1H3,(H,34,38)/t28-/m1/s1. The molecule has 228 valence electrons. The Morgan fingerprint density at radius 1 is 0.977 bits per heavy atom. The second kappa shape index (κ2) is 13.7. The Balaban J connectivity index is 1.52. The maximum absolute atomic E-state index is 14.4. The van der Waals surface area contributed by atoms with Gasteiger partial charge in [-0.3, -0.25) is 13.9 Å². The fraction of sp³-hybridized carbons (Fsp3) is 0.375. The summed E-state index contributed by atoms with van der Waals surface area (Å²) in [6.45, 7) is 1.06. The molecule has 1 saturated carbocycles. The summed E-state index contributed by atoms with van der Waals surface area (Å²) in [5.41, 5.74) is 1.80. The SMILES string of the molecule is CCS(=O)(=O)N(CC(=O)N(Cc1ccccc1Cl)[C@H](Cc1ccccc1)C(=O)NC1CCCC1)c1ccc2c(c1)OCO2. The number of sulfonamides is 1. The van der Waals surface area contributed by atoms with Gasteiger partial charge >= 0.3 is 0 Å². The summed E-state index contributed by atoms with van der Waals surface area (Å²) in [4.78, 5) is 29.8. The molecule has 1 atom stereocenters. The largest absolute Gasteiger partial charge is 0.454 e. The van der Waals surface area contributed by atoms with Crippen LogP contribution in [0.25, 0.3) is 0 Å². The Morgan fingerprint density at radius 2 is 1.67 bits per heavy atom. The average molecular weight is 626 g/mol. The molecular formula is C32H36ClN3O6S. The molecule has 0 unspecified atom stereocenters. The van der Waals surface area contributed by atoms with E-state index in [0.29, 0.717) is 22.1 Å². The minimum atomic E-state index is -3.90. The van der Waals surface area contributed by atoms with Crippen LogP contribution in [0.3, 0.4) is 0 Å². The third-order valence-corrected chi connectivity index (χ3v) is 10.0. The van der Waals surface area contributed by atoms with Crippen molar-refractivity contribution >= 4 is 39.1 Å². The van der Waals surface area contributed by atoms with E-state index in [0.717, 1.165) is 35.6 Å². The minimum absolute atomic E-state index is 0.0231. The lowest BCUT2D eigenvalue weighted by Gasteiger charge is -2.34. The number of halogens is 1. The highest BCUT2D eigenvalue weighted by Gasteiger charge is 2.35. The molecule has 2 aliphatic rings. The van der Waals surface area contributed by atoms with E-state index in [-0.39, 0.29) is 43.1 Å². The highest BCUT2D eigenvalue weighted by molar-refractivity contribution is 7.92. The van der Waals surface area contributed by atoms with E-state index in [9.17, 15) is 18.0 Å². The smallest absolute Gasteiger partial charge is 0.244 e. The van der Waals surface area contributed by atoms with Crippen molar-refractivity contribution in [3.63, 3.8) is 0 Å². The van der Waals surface area contributed by atoms with Gasteiger partial charge in [0.2, 0.25) is 28.6 Å². The Kier molecular flexibility index (Phi) is 9.77. The van der Waals surface area contributed by atoms with Crippen molar-refractivity contribution in [3.8, 4) is 11.5 Å². The molecule has 0 aromatic heterocycles. The Bertz CT molecular complexity index is 1550. The number of hydrogen-bond acceptors (Lipinski definition) is 6. The Hall–Kier alpha value is -3.76. The van der Waals surface area contributed by atoms with E-state index in [1.807, 2.05) is 36.4 Å². The summed E-state index contributed by atoms with van der Waals surface area (Å²) < 4.78 is 38.7. The number of benzene rings is 3. The maximum atomic E-state index is 14.4. The molecule has 5 rings (SSSR count). The van der Waals surface area contributed by atoms with Gasteiger partial charge in [-0.2, -0.15) is 0 Å². The zero-order valence-electron chi connectivity index (χ0n) is 24.1. The van der Waals surface area contributed by atoms with Gasteiger partial charge in [0, 0.05) is 30.1 Å². The van der Waals surface area contributed by atoms with Crippen molar-refractivity contribution in [3.05, 3.63) is 88.9 Å². The van der Waals surface area contributed by atoms with Gasteiger partial charge in [0.25, 0.3) is 0 Å². The maximum Gasteiger partial charge on any atom is 0.244 e. The molecule has 9 nitrogen and oxygen atoms in total. The molecule has 1 aliphatic carbocycles. The normalized spacial score (nSPS) is 15.2. The van der Waals surface area contributed by atoms with Gasteiger partial charge in [0.1, 0.15) is 12.6 Å². The number of amides is 2. The van der Waals surface area contributed by atoms with Crippen LogP contribution in [0.1, 0.15) is 43.7 Å². The summed E-state index contributed by atoms with van der Waals surface area (Å²) in [6.07, 6.45) is 4.09. The number of fused-ring (bicyclic) bond motifs is 1. The number of hydrogen-bond donors (Lipinski definition) is 1. The first kappa shape index (κ1) is 30.7. The van der Waals surface area contributed by atoms with Gasteiger partial charge < -0.3 is 19.7 Å². The van der Waals surface area contributed by atoms with Crippen LogP contribution in [0, 0.1) is 0 Å². The fourth-order valence-corrected chi connectivity index (χ4v) is 6.74. The van der Waals surface area contributed by atoms with E-state index in [1.54, 1.807) is 36.4 Å². The fourth-order valence-electron chi connectivity index (χ4n) is 5.49. The number of anilines is 1. The van der Waals surface area contributed by atoms with Crippen molar-refractivity contribution in [1.82, 2.24) is 10.2 Å². The lowest BCUT2D eigenvalue weighted by atomic mass is 10.0. The molecule has 11 heteroatoms. The number of nitrogens with one attached hydrogen (secondary N) is 1. The summed E-state index contributed by atoms with van der Waals surface area (Å²) in [5, 5.41) is 3.61. The van der Waals surface area contributed by atoms with Crippen molar-refractivity contribution in [2.75, 3.05) is 23.4 Å². The van der Waals surface area contributed by atoms with Crippen LogP contribution >= 0.6 is 11.6 Å². The molecule has 43 heavy (non-hydrogen) atoms. The molecule has 0 radical (unpaired) electrons. The van der Waals surface area contributed by atoms with Crippen LogP contribution in [0.2, 0.25) is 5.02 Å². The average Bonchev–Trinajstić information content (AvgIpc) is 3.70. The lowest BCUT2D eigenvalue weighted by Crippen LogP contribution is -2.54. The van der Waals surface area contributed by atoms with Crippen molar-refractivity contribution in [2.45, 2.75) is 57.7 Å². The van der Waals surface area contributed by atoms with E-state index in [1.165, 1.54) is 11.8 Å². The third-order valence-electron chi connectivity index (χ3n) is 7.89. The van der Waals surface area contributed by atoms with Gasteiger partial charge in [-0.05, 0) is 49.1 Å². The Labute approximate surface area is 257 Å². The van der Waals surface area contributed by atoms with Crippen LogP contribution in [-0.4, -0.2) is 56.3 Å². The summed E-state index contributed by atoms with van der Waals surface area (Å²) in [7, 11) is -3.90. The van der Waals surface area contributed by atoms with Crippen LogP contribution in [0.5, 0.6) is 11.5 Å². The minimum Gasteiger partial charge on any atom is -0.454 e. The second-order valence-corrected chi connectivity index (χ2v) is 13.3. The molecule has 2 amide bonds. The zero-order valence-corrected chi connectivity index (χ0v) is 25.6. The summed E-state index contributed by atoms with van der Waals surface area (Å²) in [6, 6.07) is 20.5. The van der Waals surface area contributed by atoms with Gasteiger partial charge in [0.15, 0.2) is 11.5 Å². The number of rotatable bonds is 12. The molecule has 1 aliphatic heterocycles. The van der Waals surface area contributed by atoms with Gasteiger partial charge in [0.05, 0.1) is 11.4 Å². The molecular weight excluding hydrogens is 590 g/mol.